The zero-order chi connectivity index (χ0) is 28.5. The van der Waals surface area contributed by atoms with Crippen LogP contribution in [0, 0.1) is 23.7 Å². The Hall–Kier alpha value is -2.20. The third-order valence-corrected chi connectivity index (χ3v) is 8.56. The lowest BCUT2D eigenvalue weighted by Crippen LogP contribution is -2.39. The van der Waals surface area contributed by atoms with E-state index in [2.05, 4.69) is 13.8 Å². The molecule has 10 nitrogen and oxygen atoms in total. The Morgan fingerprint density at radius 2 is 0.775 bits per heavy atom. The molecule has 2 saturated heterocycles. The number of hydrogen-bond donors (Lipinski definition) is 0. The van der Waals surface area contributed by atoms with Crippen LogP contribution in [0.3, 0.4) is 0 Å². The quantitative estimate of drug-likeness (QED) is 0.111. The van der Waals surface area contributed by atoms with Crippen LogP contribution in [0.25, 0.3) is 0 Å². The molecule has 2 aliphatic carbocycles. The van der Waals surface area contributed by atoms with Crippen molar-refractivity contribution < 1.29 is 47.6 Å². The predicted octanol–water partition coefficient (Wildman–Crippen LogP) is 3.91. The molecule has 0 aromatic heterocycles. The van der Waals surface area contributed by atoms with Crippen LogP contribution in [-0.2, 0) is 47.6 Å². The molecule has 0 N–H and O–H groups in total. The Bertz CT molecular complexity index is 805. The third-order valence-electron chi connectivity index (χ3n) is 8.56. The van der Waals surface area contributed by atoms with E-state index < -0.39 is 35.6 Å². The first-order valence-electron chi connectivity index (χ1n) is 15.4. The summed E-state index contributed by atoms with van der Waals surface area (Å²) in [6.07, 6.45) is 9.73. The Morgan fingerprint density at radius 1 is 0.475 bits per heavy atom. The van der Waals surface area contributed by atoms with E-state index in [1.807, 2.05) is 0 Å². The number of epoxide rings is 2. The maximum absolute atomic E-state index is 12.9. The summed E-state index contributed by atoms with van der Waals surface area (Å²) in [4.78, 5) is 51.2. The Balaban J connectivity index is 1.19. The molecule has 0 radical (unpaired) electrons. The highest BCUT2D eigenvalue weighted by atomic mass is 16.6. The Labute approximate surface area is 237 Å². The maximum atomic E-state index is 12.9. The van der Waals surface area contributed by atoms with Gasteiger partial charge in [0, 0.05) is 0 Å². The van der Waals surface area contributed by atoms with Crippen LogP contribution in [0.1, 0.15) is 90.9 Å². The highest BCUT2D eigenvalue weighted by Gasteiger charge is 2.54. The number of hydrogen-bond acceptors (Lipinski definition) is 10. The first-order valence-corrected chi connectivity index (χ1v) is 15.4. The molecule has 0 aromatic carbocycles. The average molecular weight is 567 g/mol. The first-order chi connectivity index (χ1) is 19.4. The van der Waals surface area contributed by atoms with Gasteiger partial charge >= 0.3 is 23.9 Å². The highest BCUT2D eigenvalue weighted by Crippen LogP contribution is 2.45. The van der Waals surface area contributed by atoms with Gasteiger partial charge in [0.15, 0.2) is 0 Å². The number of esters is 4. The molecule has 8 unspecified atom stereocenters. The van der Waals surface area contributed by atoms with E-state index in [9.17, 15) is 19.2 Å². The SMILES string of the molecule is CCCCCCOC(=O)C1CC2OC2CC1C(=O)OCCOC(=O)C1CC2OC2CC1C(=O)OCCCCCC. The number of ether oxygens (including phenoxy) is 6. The molecule has 4 fully saturated rings. The minimum absolute atomic E-state index is 0.00385. The average Bonchev–Trinajstić information content (AvgIpc) is 3.88. The summed E-state index contributed by atoms with van der Waals surface area (Å²) in [6, 6.07) is 0. The summed E-state index contributed by atoms with van der Waals surface area (Å²) < 4.78 is 32.9. The van der Waals surface area contributed by atoms with Crippen LogP contribution in [0.15, 0.2) is 0 Å². The van der Waals surface area contributed by atoms with Gasteiger partial charge in [-0.15, -0.1) is 0 Å². The van der Waals surface area contributed by atoms with Gasteiger partial charge in [-0.05, 0) is 38.5 Å². The lowest BCUT2D eigenvalue weighted by Gasteiger charge is -2.27. The normalized spacial score (nSPS) is 31.8. The molecule has 0 amide bonds. The fraction of sp³-hybridized carbons (Fsp3) is 0.867. The molecule has 2 aliphatic heterocycles. The first kappa shape index (κ1) is 30.8. The zero-order valence-corrected chi connectivity index (χ0v) is 24.0. The minimum atomic E-state index is -0.638. The van der Waals surface area contributed by atoms with Gasteiger partial charge in [-0.3, -0.25) is 19.2 Å². The molecule has 0 spiro atoms. The van der Waals surface area contributed by atoms with Crippen LogP contribution < -0.4 is 0 Å². The predicted molar refractivity (Wildman–Crippen MR) is 142 cm³/mol. The van der Waals surface area contributed by atoms with Gasteiger partial charge in [0.25, 0.3) is 0 Å². The molecule has 0 aromatic rings. The van der Waals surface area contributed by atoms with Crippen molar-refractivity contribution in [2.75, 3.05) is 26.4 Å². The number of carbonyl (C=O) groups is 4. The Kier molecular flexibility index (Phi) is 11.6. The zero-order valence-electron chi connectivity index (χ0n) is 24.0. The van der Waals surface area contributed by atoms with E-state index in [1.54, 1.807) is 0 Å². The van der Waals surface area contributed by atoms with Crippen LogP contribution >= 0.6 is 0 Å². The molecule has 0 bridgehead atoms. The van der Waals surface area contributed by atoms with Crippen LogP contribution in [0.2, 0.25) is 0 Å². The molecule has 2 saturated carbocycles. The maximum Gasteiger partial charge on any atom is 0.310 e. The minimum Gasteiger partial charge on any atom is -0.465 e. The van der Waals surface area contributed by atoms with Crippen molar-refractivity contribution in [2.45, 2.75) is 115 Å². The fourth-order valence-corrected chi connectivity index (χ4v) is 6.00. The number of carbonyl (C=O) groups excluding carboxylic acids is 4. The highest BCUT2D eigenvalue weighted by molar-refractivity contribution is 5.83. The topological polar surface area (TPSA) is 130 Å². The summed E-state index contributed by atoms with van der Waals surface area (Å²) in [6.45, 7) is 4.68. The third kappa shape index (κ3) is 8.65. The van der Waals surface area contributed by atoms with Gasteiger partial charge in [0.2, 0.25) is 0 Å². The van der Waals surface area contributed by atoms with Gasteiger partial charge in [-0.25, -0.2) is 0 Å². The van der Waals surface area contributed by atoms with Crippen molar-refractivity contribution in [3.8, 4) is 0 Å². The van der Waals surface area contributed by atoms with Crippen LogP contribution in [0.5, 0.6) is 0 Å². The second-order valence-electron chi connectivity index (χ2n) is 11.6. The second kappa shape index (κ2) is 15.1. The summed E-state index contributed by atoms with van der Waals surface area (Å²) in [5.41, 5.74) is 0. The molecular weight excluding hydrogens is 520 g/mol. The van der Waals surface area contributed by atoms with Crippen molar-refractivity contribution >= 4 is 23.9 Å². The molecule has 10 heteroatoms. The van der Waals surface area contributed by atoms with Crippen molar-refractivity contribution in [2.24, 2.45) is 23.7 Å². The largest absolute Gasteiger partial charge is 0.465 e. The summed E-state index contributed by atoms with van der Waals surface area (Å²) >= 11 is 0. The number of unbranched alkanes of at least 4 members (excludes halogenated alkanes) is 6. The van der Waals surface area contributed by atoms with Crippen LogP contribution in [0.4, 0.5) is 0 Å². The van der Waals surface area contributed by atoms with E-state index >= 15 is 0 Å². The smallest absolute Gasteiger partial charge is 0.310 e. The van der Waals surface area contributed by atoms with Crippen LogP contribution in [-0.4, -0.2) is 74.7 Å². The molecular formula is C30H46O10. The van der Waals surface area contributed by atoms with E-state index in [4.69, 9.17) is 28.4 Å². The van der Waals surface area contributed by atoms with Gasteiger partial charge in [-0.1, -0.05) is 52.4 Å². The van der Waals surface area contributed by atoms with E-state index in [0.29, 0.717) is 38.9 Å². The van der Waals surface area contributed by atoms with Crippen molar-refractivity contribution in [3.63, 3.8) is 0 Å². The molecule has 2 heterocycles. The lowest BCUT2D eigenvalue weighted by molar-refractivity contribution is -0.167. The molecule has 8 atom stereocenters. The second-order valence-corrected chi connectivity index (χ2v) is 11.6. The molecule has 40 heavy (non-hydrogen) atoms. The number of fused-ring (bicyclic) bond motifs is 2. The van der Waals surface area contributed by atoms with E-state index in [0.717, 1.165) is 51.4 Å². The summed E-state index contributed by atoms with van der Waals surface area (Å²) in [5, 5.41) is 0. The van der Waals surface area contributed by atoms with Crippen molar-refractivity contribution in [1.29, 1.82) is 0 Å². The van der Waals surface area contributed by atoms with Gasteiger partial charge in [0.1, 0.15) is 13.2 Å². The molecule has 4 rings (SSSR count). The van der Waals surface area contributed by atoms with Crippen molar-refractivity contribution in [1.82, 2.24) is 0 Å². The number of rotatable bonds is 17. The van der Waals surface area contributed by atoms with Crippen molar-refractivity contribution in [3.05, 3.63) is 0 Å². The van der Waals surface area contributed by atoms with Gasteiger partial charge in [0.05, 0.1) is 61.3 Å². The standard InChI is InChI=1S/C30H46O10/c1-3-5-7-9-11-35-27(31)19-15-23-25(39-23)17-21(19)29(33)37-13-14-38-30(34)22-18-26-24(40-26)16-20(22)28(32)36-12-10-8-6-4-2/h19-26H,3-18H2,1-2H3. The lowest BCUT2D eigenvalue weighted by atomic mass is 9.79. The van der Waals surface area contributed by atoms with E-state index in [-0.39, 0.29) is 49.6 Å². The molecule has 226 valence electrons. The summed E-state index contributed by atoms with van der Waals surface area (Å²) in [5.74, 6) is -4.22. The fourth-order valence-electron chi connectivity index (χ4n) is 6.00. The summed E-state index contributed by atoms with van der Waals surface area (Å²) in [7, 11) is 0. The molecule has 4 aliphatic rings. The van der Waals surface area contributed by atoms with E-state index in [1.165, 1.54) is 0 Å². The Morgan fingerprint density at radius 3 is 1.07 bits per heavy atom. The van der Waals surface area contributed by atoms with Gasteiger partial charge in [-0.2, -0.15) is 0 Å². The monoisotopic (exact) mass is 566 g/mol. The van der Waals surface area contributed by atoms with Gasteiger partial charge < -0.3 is 28.4 Å².